The fourth-order valence-corrected chi connectivity index (χ4v) is 1.09. The van der Waals surface area contributed by atoms with E-state index in [-0.39, 0.29) is 17.3 Å². The minimum Gasteiger partial charge on any atom is -0.397 e. The van der Waals surface area contributed by atoms with E-state index < -0.39 is 12.1 Å². The smallest absolute Gasteiger partial charge is 0.282 e. The van der Waals surface area contributed by atoms with Gasteiger partial charge in [-0.3, -0.25) is 4.98 Å². The molecule has 1 rings (SSSR count). The molecule has 1 heterocycles. The van der Waals surface area contributed by atoms with Crippen LogP contribution in [0, 0.1) is 0 Å². The van der Waals surface area contributed by atoms with Crippen molar-refractivity contribution in [3.63, 3.8) is 0 Å². The lowest BCUT2D eigenvalue weighted by Gasteiger charge is -2.09. The van der Waals surface area contributed by atoms with E-state index in [4.69, 9.17) is 23.1 Å². The van der Waals surface area contributed by atoms with Crippen molar-refractivity contribution in [2.45, 2.75) is 12.3 Å². The average molecular weight is 208 g/mol. The van der Waals surface area contributed by atoms with Gasteiger partial charge in [0.05, 0.1) is 17.3 Å². The standard InChI is InChI=1S/C7H8ClF2N3/c8-1-3-2-13-6(7(9)10)5(12)4(3)11/h2,7H,1,12H2,(H2,11,13). The molecule has 0 saturated carbocycles. The van der Waals surface area contributed by atoms with E-state index in [0.29, 0.717) is 5.56 Å². The second kappa shape index (κ2) is 3.74. The van der Waals surface area contributed by atoms with Gasteiger partial charge in [-0.15, -0.1) is 11.6 Å². The Balaban J connectivity index is 3.23. The van der Waals surface area contributed by atoms with Crippen molar-refractivity contribution in [2.75, 3.05) is 11.5 Å². The van der Waals surface area contributed by atoms with Crippen LogP contribution >= 0.6 is 11.6 Å². The molecule has 0 aliphatic carbocycles. The summed E-state index contributed by atoms with van der Waals surface area (Å²) < 4.78 is 24.4. The normalized spacial score (nSPS) is 10.8. The Morgan fingerprint density at radius 3 is 2.46 bits per heavy atom. The molecule has 13 heavy (non-hydrogen) atoms. The van der Waals surface area contributed by atoms with Gasteiger partial charge in [-0.25, -0.2) is 8.78 Å². The number of halogens is 3. The predicted molar refractivity (Wildman–Crippen MR) is 47.6 cm³/mol. The first kappa shape index (κ1) is 9.98. The van der Waals surface area contributed by atoms with Crippen molar-refractivity contribution in [3.05, 3.63) is 17.5 Å². The molecule has 4 N–H and O–H groups in total. The number of aromatic nitrogens is 1. The van der Waals surface area contributed by atoms with Crippen LogP contribution in [0.1, 0.15) is 17.7 Å². The maximum absolute atomic E-state index is 12.2. The highest BCUT2D eigenvalue weighted by Gasteiger charge is 2.16. The Bertz CT molecular complexity index is 317. The molecule has 0 radical (unpaired) electrons. The van der Waals surface area contributed by atoms with Gasteiger partial charge < -0.3 is 11.5 Å². The highest BCUT2D eigenvalue weighted by Crippen LogP contribution is 2.29. The summed E-state index contributed by atoms with van der Waals surface area (Å²) in [5.74, 6) is 0.104. The van der Waals surface area contributed by atoms with E-state index in [1.165, 1.54) is 6.20 Å². The molecule has 72 valence electrons. The lowest BCUT2D eigenvalue weighted by molar-refractivity contribution is 0.147. The van der Waals surface area contributed by atoms with Gasteiger partial charge in [0, 0.05) is 11.8 Å². The van der Waals surface area contributed by atoms with Gasteiger partial charge in [-0.2, -0.15) is 0 Å². The third-order valence-corrected chi connectivity index (χ3v) is 1.91. The van der Waals surface area contributed by atoms with Gasteiger partial charge in [0.15, 0.2) is 0 Å². The van der Waals surface area contributed by atoms with Crippen LogP contribution in [-0.4, -0.2) is 4.98 Å². The van der Waals surface area contributed by atoms with Crippen molar-refractivity contribution in [1.82, 2.24) is 4.98 Å². The van der Waals surface area contributed by atoms with E-state index in [9.17, 15) is 8.78 Å². The third kappa shape index (κ3) is 1.80. The Hall–Kier alpha value is -1.10. The Morgan fingerprint density at radius 2 is 2.00 bits per heavy atom. The highest BCUT2D eigenvalue weighted by molar-refractivity contribution is 6.17. The van der Waals surface area contributed by atoms with Gasteiger partial charge in [0.25, 0.3) is 6.43 Å². The van der Waals surface area contributed by atoms with Crippen molar-refractivity contribution in [2.24, 2.45) is 0 Å². The third-order valence-electron chi connectivity index (χ3n) is 1.62. The second-order valence-electron chi connectivity index (χ2n) is 2.43. The second-order valence-corrected chi connectivity index (χ2v) is 2.70. The molecule has 0 amide bonds. The van der Waals surface area contributed by atoms with E-state index >= 15 is 0 Å². The molecule has 6 heteroatoms. The summed E-state index contributed by atoms with van der Waals surface area (Å²) in [5.41, 5.74) is 10.6. The highest BCUT2D eigenvalue weighted by atomic mass is 35.5. The zero-order chi connectivity index (χ0) is 10.0. The molecule has 0 unspecified atom stereocenters. The molecule has 0 saturated heterocycles. The number of pyridine rings is 1. The van der Waals surface area contributed by atoms with Crippen LogP contribution in [0.4, 0.5) is 20.2 Å². The predicted octanol–water partition coefficient (Wildman–Crippen LogP) is 1.92. The molecule has 0 fully saturated rings. The minimum atomic E-state index is -2.72. The Morgan fingerprint density at radius 1 is 1.38 bits per heavy atom. The van der Waals surface area contributed by atoms with Crippen LogP contribution in [0.5, 0.6) is 0 Å². The van der Waals surface area contributed by atoms with Crippen LogP contribution in [0.3, 0.4) is 0 Å². The van der Waals surface area contributed by atoms with Crippen LogP contribution in [-0.2, 0) is 5.88 Å². The number of alkyl halides is 3. The summed E-state index contributed by atoms with van der Waals surface area (Å²) in [6.45, 7) is 0. The SMILES string of the molecule is Nc1c(CCl)cnc(C(F)F)c1N. The minimum absolute atomic E-state index is 0.0836. The van der Waals surface area contributed by atoms with Gasteiger partial charge >= 0.3 is 0 Å². The molecule has 0 bridgehead atoms. The first-order valence-electron chi connectivity index (χ1n) is 3.44. The van der Waals surface area contributed by atoms with E-state index in [1.807, 2.05) is 0 Å². The van der Waals surface area contributed by atoms with E-state index in [0.717, 1.165) is 0 Å². The molecular weight excluding hydrogens is 200 g/mol. The largest absolute Gasteiger partial charge is 0.397 e. The number of anilines is 2. The number of nitrogens with zero attached hydrogens (tertiary/aromatic N) is 1. The van der Waals surface area contributed by atoms with E-state index in [1.54, 1.807) is 0 Å². The maximum Gasteiger partial charge on any atom is 0.282 e. The van der Waals surface area contributed by atoms with Gasteiger partial charge in [-0.05, 0) is 0 Å². The van der Waals surface area contributed by atoms with Crippen LogP contribution in [0.15, 0.2) is 6.20 Å². The zero-order valence-corrected chi connectivity index (χ0v) is 7.35. The lowest BCUT2D eigenvalue weighted by Crippen LogP contribution is -2.05. The first-order valence-corrected chi connectivity index (χ1v) is 3.98. The molecular formula is C7H8ClF2N3. The molecule has 0 aliphatic rings. The fourth-order valence-electron chi connectivity index (χ4n) is 0.878. The summed E-state index contributed by atoms with van der Waals surface area (Å²) in [7, 11) is 0. The number of nitrogens with two attached hydrogens (primary N) is 2. The summed E-state index contributed by atoms with van der Waals surface area (Å²) in [5, 5.41) is 0. The van der Waals surface area contributed by atoms with Crippen molar-refractivity contribution >= 4 is 23.0 Å². The van der Waals surface area contributed by atoms with E-state index in [2.05, 4.69) is 4.98 Å². The molecule has 0 aromatic carbocycles. The van der Waals surface area contributed by atoms with Gasteiger partial charge in [0.2, 0.25) is 0 Å². The van der Waals surface area contributed by atoms with Crippen LogP contribution in [0.25, 0.3) is 0 Å². The van der Waals surface area contributed by atoms with Crippen LogP contribution in [0.2, 0.25) is 0 Å². The topological polar surface area (TPSA) is 64.9 Å². The summed E-state index contributed by atoms with van der Waals surface area (Å²) in [4.78, 5) is 3.47. The molecule has 0 spiro atoms. The summed E-state index contributed by atoms with van der Waals surface area (Å²) in [6, 6.07) is 0. The quantitative estimate of drug-likeness (QED) is 0.729. The Kier molecular flexibility index (Phi) is 2.87. The summed E-state index contributed by atoms with van der Waals surface area (Å²) in [6.07, 6.45) is -1.51. The van der Waals surface area contributed by atoms with Crippen molar-refractivity contribution in [1.29, 1.82) is 0 Å². The van der Waals surface area contributed by atoms with Crippen molar-refractivity contribution < 1.29 is 8.78 Å². The van der Waals surface area contributed by atoms with Crippen molar-refractivity contribution in [3.8, 4) is 0 Å². The fraction of sp³-hybridized carbons (Fsp3) is 0.286. The number of rotatable bonds is 2. The maximum atomic E-state index is 12.2. The number of nitrogen functional groups attached to an aromatic ring is 2. The molecule has 1 aromatic heterocycles. The molecule has 3 nitrogen and oxygen atoms in total. The average Bonchev–Trinajstić information content (AvgIpc) is 2.09. The first-order chi connectivity index (χ1) is 6.07. The Labute approximate surface area is 78.7 Å². The number of hydrogen-bond acceptors (Lipinski definition) is 3. The van der Waals surface area contributed by atoms with Gasteiger partial charge in [-0.1, -0.05) is 0 Å². The molecule has 0 atom stereocenters. The number of hydrogen-bond donors (Lipinski definition) is 2. The lowest BCUT2D eigenvalue weighted by atomic mass is 10.2. The summed E-state index contributed by atoms with van der Waals surface area (Å²) >= 11 is 5.47. The zero-order valence-electron chi connectivity index (χ0n) is 6.60. The van der Waals surface area contributed by atoms with Crippen LogP contribution < -0.4 is 11.5 Å². The van der Waals surface area contributed by atoms with Gasteiger partial charge in [0.1, 0.15) is 5.69 Å². The monoisotopic (exact) mass is 207 g/mol. The molecule has 0 aliphatic heterocycles. The molecule has 1 aromatic rings.